The van der Waals surface area contributed by atoms with E-state index in [1.54, 1.807) is 55.7 Å². The number of aromatic nitrogens is 4. The number of hydrogen-bond donors (Lipinski definition) is 2. The summed E-state index contributed by atoms with van der Waals surface area (Å²) in [6.45, 7) is 6.65. The summed E-state index contributed by atoms with van der Waals surface area (Å²) >= 11 is 0. The number of nitrogens with zero attached hydrogens (tertiary/aromatic N) is 4. The third-order valence-electron chi connectivity index (χ3n) is 6.31. The number of imidazole rings is 1. The molecule has 1 aliphatic rings. The molecule has 3 heterocycles. The Balaban J connectivity index is 1.57. The van der Waals surface area contributed by atoms with Gasteiger partial charge in [0.1, 0.15) is 35.5 Å². The van der Waals surface area contributed by atoms with Crippen molar-refractivity contribution in [1.29, 1.82) is 0 Å². The predicted molar refractivity (Wildman–Crippen MR) is 140 cm³/mol. The van der Waals surface area contributed by atoms with Crippen molar-refractivity contribution < 1.29 is 33.0 Å². The van der Waals surface area contributed by atoms with Crippen LogP contribution in [0.3, 0.4) is 0 Å². The average molecular weight is 548 g/mol. The zero-order chi connectivity index (χ0) is 27.4. The van der Waals surface area contributed by atoms with Crippen molar-refractivity contribution in [2.24, 2.45) is 5.92 Å². The second-order valence-corrected chi connectivity index (χ2v) is 11.4. The van der Waals surface area contributed by atoms with Gasteiger partial charge in [0.15, 0.2) is 11.5 Å². The molecule has 0 bridgehead atoms. The van der Waals surface area contributed by atoms with Crippen LogP contribution >= 0.6 is 7.60 Å². The van der Waals surface area contributed by atoms with Gasteiger partial charge in [0.05, 0.1) is 31.1 Å². The van der Waals surface area contributed by atoms with Gasteiger partial charge >= 0.3 is 13.6 Å². The number of aliphatic hydroxyl groups is 1. The minimum absolute atomic E-state index is 0.215. The number of nitrogens with two attached hydrogens (primary N) is 1. The minimum Gasteiger partial charge on any atom is -0.462 e. The Hall–Kier alpha value is -3.05. The summed E-state index contributed by atoms with van der Waals surface area (Å²) < 4.78 is 39.2. The topological polar surface area (TPSA) is 161 Å². The molecule has 1 aliphatic heterocycles. The molecule has 12 nitrogen and oxygen atoms in total. The van der Waals surface area contributed by atoms with E-state index in [0.29, 0.717) is 29.2 Å². The molecule has 0 saturated carbocycles. The van der Waals surface area contributed by atoms with Crippen LogP contribution in [0.15, 0.2) is 36.7 Å². The largest absolute Gasteiger partial charge is 0.462 e. The van der Waals surface area contributed by atoms with Gasteiger partial charge in [-0.15, -0.1) is 0 Å². The molecule has 0 radical (unpaired) electrons. The van der Waals surface area contributed by atoms with E-state index in [4.69, 9.17) is 24.3 Å². The molecule has 38 heavy (non-hydrogen) atoms. The monoisotopic (exact) mass is 547 g/mol. The minimum atomic E-state index is -3.93. The number of benzene rings is 1. The Bertz CT molecular complexity index is 1300. The molecular weight excluding hydrogens is 513 g/mol. The number of carbonyl (C=O) groups is 1. The Morgan fingerprint density at radius 2 is 2.03 bits per heavy atom. The van der Waals surface area contributed by atoms with Gasteiger partial charge in [0, 0.05) is 6.42 Å². The van der Waals surface area contributed by atoms with Crippen molar-refractivity contribution in [3.63, 3.8) is 0 Å². The lowest BCUT2D eigenvalue weighted by atomic mass is 10.2. The molecule has 6 atom stereocenters. The van der Waals surface area contributed by atoms with Crippen molar-refractivity contribution >= 4 is 30.5 Å². The Kier molecular flexibility index (Phi) is 8.67. The number of rotatable bonds is 11. The maximum Gasteiger partial charge on any atom is 0.380 e. The van der Waals surface area contributed by atoms with E-state index < -0.39 is 37.9 Å². The summed E-state index contributed by atoms with van der Waals surface area (Å²) in [5.41, 5.74) is 6.89. The Morgan fingerprint density at radius 1 is 1.29 bits per heavy atom. The highest BCUT2D eigenvalue weighted by Gasteiger charge is 2.44. The Morgan fingerprint density at radius 3 is 2.71 bits per heavy atom. The summed E-state index contributed by atoms with van der Waals surface area (Å²) in [5.74, 6) is -0.200. The Labute approximate surface area is 221 Å². The summed E-state index contributed by atoms with van der Waals surface area (Å²) in [7, 11) is -3.93. The summed E-state index contributed by atoms with van der Waals surface area (Å²) in [6, 6.07) is 8.59. The molecule has 1 saturated heterocycles. The fraction of sp³-hybridized carbons (Fsp3) is 0.520. The third kappa shape index (κ3) is 6.32. The molecule has 2 unspecified atom stereocenters. The van der Waals surface area contributed by atoms with Crippen molar-refractivity contribution in [3.8, 4) is 5.75 Å². The molecule has 4 rings (SSSR count). The van der Waals surface area contributed by atoms with E-state index in [0.717, 1.165) is 0 Å². The quantitative estimate of drug-likeness (QED) is 0.266. The maximum atomic E-state index is 14.1. The second kappa shape index (κ2) is 11.8. The molecule has 0 spiro atoms. The molecule has 0 amide bonds. The van der Waals surface area contributed by atoms with E-state index in [1.165, 1.54) is 6.33 Å². The number of esters is 1. The molecular formula is C25H34N5O7P. The first-order valence-corrected chi connectivity index (χ1v) is 14.3. The highest BCUT2D eigenvalue weighted by Crippen LogP contribution is 2.53. The average Bonchev–Trinajstić information content (AvgIpc) is 3.47. The number of carbonyl (C=O) groups excluding carboxylic acids is 1. The van der Waals surface area contributed by atoms with E-state index in [-0.39, 0.29) is 31.1 Å². The van der Waals surface area contributed by atoms with Crippen LogP contribution in [0.2, 0.25) is 0 Å². The van der Waals surface area contributed by atoms with Crippen LogP contribution in [0.1, 0.15) is 45.7 Å². The number of nitrogen functional groups attached to an aromatic ring is 1. The van der Waals surface area contributed by atoms with E-state index >= 15 is 0 Å². The highest BCUT2D eigenvalue weighted by atomic mass is 31.2. The van der Waals surface area contributed by atoms with E-state index in [2.05, 4.69) is 15.0 Å². The van der Waals surface area contributed by atoms with Gasteiger partial charge in [-0.3, -0.25) is 13.9 Å². The van der Waals surface area contributed by atoms with Crippen LogP contribution < -0.4 is 10.3 Å². The first kappa shape index (κ1) is 28.0. The molecule has 206 valence electrons. The number of ether oxygens (including phenoxy) is 2. The van der Waals surface area contributed by atoms with Crippen molar-refractivity contribution in [3.05, 3.63) is 42.5 Å². The maximum absolute atomic E-state index is 14.1. The number of para-hydroxylation sites is 1. The molecule has 13 heteroatoms. The fourth-order valence-corrected chi connectivity index (χ4v) is 6.27. The predicted octanol–water partition coefficient (Wildman–Crippen LogP) is 3.63. The summed E-state index contributed by atoms with van der Waals surface area (Å²) in [5, 5.41) is 10.1. The van der Waals surface area contributed by atoms with Gasteiger partial charge in [-0.05, 0) is 32.4 Å². The number of aryl methyl sites for hydroxylation is 1. The first-order valence-electron chi connectivity index (χ1n) is 12.6. The molecule has 3 aromatic rings. The van der Waals surface area contributed by atoms with E-state index in [9.17, 15) is 14.5 Å². The fourth-order valence-electron chi connectivity index (χ4n) is 4.17. The van der Waals surface area contributed by atoms with Gasteiger partial charge in [-0.1, -0.05) is 32.0 Å². The number of anilines is 1. The van der Waals surface area contributed by atoms with E-state index in [1.807, 2.05) is 6.92 Å². The van der Waals surface area contributed by atoms with Crippen LogP contribution in [0.25, 0.3) is 11.2 Å². The van der Waals surface area contributed by atoms with Gasteiger partial charge < -0.3 is 24.8 Å². The lowest BCUT2D eigenvalue weighted by molar-refractivity contribution is -0.152. The van der Waals surface area contributed by atoms with Gasteiger partial charge in [-0.25, -0.2) is 19.5 Å². The zero-order valence-corrected chi connectivity index (χ0v) is 22.8. The normalized spacial score (nSPS) is 22.6. The lowest BCUT2D eigenvalue weighted by Gasteiger charge is -2.26. The third-order valence-corrected chi connectivity index (χ3v) is 8.38. The lowest BCUT2D eigenvalue weighted by Crippen LogP contribution is -2.30. The van der Waals surface area contributed by atoms with Gasteiger partial charge in [0.25, 0.3) is 0 Å². The van der Waals surface area contributed by atoms with Crippen molar-refractivity contribution in [2.45, 2.75) is 65.1 Å². The number of fused-ring (bicyclic) bond motifs is 1. The van der Waals surface area contributed by atoms with Crippen LogP contribution in [0.5, 0.6) is 5.75 Å². The highest BCUT2D eigenvalue weighted by molar-refractivity contribution is 7.54. The number of aliphatic hydroxyl groups excluding tert-OH is 1. The van der Waals surface area contributed by atoms with Crippen LogP contribution in [-0.2, 0) is 23.4 Å². The SMILES string of the molecule is CCC(C)OC(=O)[C@H](C)CP(=O)(Oc1ccccc1)O[C@@H]1C[C@H](n2cnc3c(N)nc(C)nc32)O[C@@H]1CO. The smallest absolute Gasteiger partial charge is 0.380 e. The summed E-state index contributed by atoms with van der Waals surface area (Å²) in [4.78, 5) is 25.5. The molecule has 1 fully saturated rings. The second-order valence-electron chi connectivity index (χ2n) is 9.43. The first-order chi connectivity index (χ1) is 18.1. The van der Waals surface area contributed by atoms with Gasteiger partial charge in [-0.2, -0.15) is 0 Å². The number of hydrogen-bond acceptors (Lipinski definition) is 11. The van der Waals surface area contributed by atoms with Crippen molar-refractivity contribution in [1.82, 2.24) is 19.5 Å². The molecule has 2 aromatic heterocycles. The standard InChI is InChI=1S/C25H34N5O7P/c1-5-16(3)34-25(32)15(2)13-38(33,36-18-9-7-6-8-10-18)37-19-11-21(35-20(19)12-31)30-14-27-22-23(26)28-17(4)29-24(22)30/h6-10,14-16,19-21,31H,5,11-13H2,1-4H3,(H2,26,28,29)/t15-,16?,19-,20-,21-,38?/m1/s1. The van der Waals surface area contributed by atoms with Crippen LogP contribution in [0, 0.1) is 12.8 Å². The van der Waals surface area contributed by atoms with Crippen molar-refractivity contribution in [2.75, 3.05) is 18.5 Å². The molecule has 3 N–H and O–H groups in total. The van der Waals surface area contributed by atoms with Gasteiger partial charge in [0.2, 0.25) is 0 Å². The molecule has 1 aromatic carbocycles. The van der Waals surface area contributed by atoms with Crippen LogP contribution in [0.4, 0.5) is 5.82 Å². The zero-order valence-electron chi connectivity index (χ0n) is 21.9. The summed E-state index contributed by atoms with van der Waals surface area (Å²) in [6.07, 6.45) is -0.332. The van der Waals surface area contributed by atoms with Crippen LogP contribution in [-0.4, -0.2) is 61.7 Å². The molecule has 0 aliphatic carbocycles.